The van der Waals surface area contributed by atoms with E-state index in [2.05, 4.69) is 0 Å². The maximum atomic E-state index is 12.9. The lowest BCUT2D eigenvalue weighted by Gasteiger charge is -2.26. The van der Waals surface area contributed by atoms with Gasteiger partial charge in [0.05, 0.1) is 5.92 Å². The number of ketones is 4. The van der Waals surface area contributed by atoms with Gasteiger partial charge in [0.15, 0.2) is 28.7 Å². The number of aliphatic hydroxyl groups is 1. The molecule has 0 aromatic rings. The Kier molecular flexibility index (Phi) is 7.87. The lowest BCUT2D eigenvalue weighted by atomic mass is 9.79. The molecule has 1 aliphatic rings. The molecule has 0 aromatic carbocycles. The van der Waals surface area contributed by atoms with Crippen molar-refractivity contribution in [2.75, 3.05) is 0 Å². The van der Waals surface area contributed by atoms with E-state index in [9.17, 15) is 24.3 Å². The van der Waals surface area contributed by atoms with Crippen LogP contribution in [0.1, 0.15) is 73.6 Å². The second-order valence-corrected chi connectivity index (χ2v) is 8.56. The molecule has 5 heteroatoms. The van der Waals surface area contributed by atoms with Gasteiger partial charge in [0.25, 0.3) is 0 Å². The van der Waals surface area contributed by atoms with Crippen LogP contribution in [0.15, 0.2) is 0 Å². The molecule has 1 aliphatic carbocycles. The van der Waals surface area contributed by atoms with Gasteiger partial charge in [-0.1, -0.05) is 48.0 Å². The summed E-state index contributed by atoms with van der Waals surface area (Å²) in [4.78, 5) is 51.2. The number of hydrogen-bond donors (Lipinski definition) is 1. The van der Waals surface area contributed by atoms with Gasteiger partial charge in [0.2, 0.25) is 0 Å². The van der Waals surface area contributed by atoms with Crippen molar-refractivity contribution in [1.82, 2.24) is 0 Å². The molecule has 1 fully saturated rings. The van der Waals surface area contributed by atoms with Crippen LogP contribution in [0.5, 0.6) is 0 Å². The van der Waals surface area contributed by atoms with Gasteiger partial charge in [0, 0.05) is 12.3 Å². The number of carbonyl (C=O) groups is 4. The third-order valence-corrected chi connectivity index (χ3v) is 5.56. The molecule has 0 bridgehead atoms. The average Bonchev–Trinajstić information content (AvgIpc) is 2.76. The summed E-state index contributed by atoms with van der Waals surface area (Å²) in [5.74, 6) is -5.09. The standard InChI is InChI=1S/C21H34O5/c1-7-14(6)18(23)17-19(24)15(10-8-12(2)3)21(26,20(17)25)16(22)11-9-13(4)5/h12-15,17,26H,7-11H2,1-6H3/t14-,15-,17?,21+/m0/s1. The van der Waals surface area contributed by atoms with Crippen LogP contribution in [0.25, 0.3) is 0 Å². The predicted molar refractivity (Wildman–Crippen MR) is 99.6 cm³/mol. The molecule has 0 heterocycles. The molecule has 1 rings (SSSR count). The first kappa shape index (κ1) is 22.7. The van der Waals surface area contributed by atoms with Crippen molar-refractivity contribution < 1.29 is 24.3 Å². The second-order valence-electron chi connectivity index (χ2n) is 8.56. The van der Waals surface area contributed by atoms with Crippen LogP contribution in [0.4, 0.5) is 0 Å². The van der Waals surface area contributed by atoms with Crippen LogP contribution in [-0.2, 0) is 19.2 Å². The highest BCUT2D eigenvalue weighted by Gasteiger charge is 2.64. The Hall–Kier alpha value is -1.36. The van der Waals surface area contributed by atoms with E-state index >= 15 is 0 Å². The Bertz CT molecular complexity index is 563. The van der Waals surface area contributed by atoms with Crippen LogP contribution < -0.4 is 0 Å². The van der Waals surface area contributed by atoms with E-state index in [1.807, 2.05) is 34.6 Å². The summed E-state index contributed by atoms with van der Waals surface area (Å²) in [6, 6.07) is 0. The van der Waals surface area contributed by atoms with Crippen LogP contribution in [0.3, 0.4) is 0 Å². The maximum absolute atomic E-state index is 12.9. The molecule has 26 heavy (non-hydrogen) atoms. The summed E-state index contributed by atoms with van der Waals surface area (Å²) >= 11 is 0. The van der Waals surface area contributed by atoms with Crippen molar-refractivity contribution in [1.29, 1.82) is 0 Å². The SMILES string of the molecule is CC[C@H](C)C(=O)C1C(=O)[C@H](CCC(C)C)[C@@](O)(C(=O)CCC(C)C)C1=O. The van der Waals surface area contributed by atoms with Crippen molar-refractivity contribution >= 4 is 23.1 Å². The highest BCUT2D eigenvalue weighted by molar-refractivity contribution is 6.33. The van der Waals surface area contributed by atoms with Gasteiger partial charge in [0.1, 0.15) is 5.92 Å². The Balaban J connectivity index is 3.24. The highest BCUT2D eigenvalue weighted by atomic mass is 16.3. The zero-order valence-corrected chi connectivity index (χ0v) is 17.0. The zero-order chi connectivity index (χ0) is 20.2. The van der Waals surface area contributed by atoms with Gasteiger partial charge < -0.3 is 5.11 Å². The summed E-state index contributed by atoms with van der Waals surface area (Å²) < 4.78 is 0. The summed E-state index contributed by atoms with van der Waals surface area (Å²) in [7, 11) is 0. The van der Waals surface area contributed by atoms with E-state index in [0.717, 1.165) is 0 Å². The first-order valence-electron chi connectivity index (χ1n) is 9.85. The number of rotatable bonds is 10. The fraction of sp³-hybridized carbons (Fsp3) is 0.810. The third-order valence-electron chi connectivity index (χ3n) is 5.56. The molecule has 0 radical (unpaired) electrons. The van der Waals surface area contributed by atoms with Crippen LogP contribution in [-0.4, -0.2) is 33.8 Å². The minimum Gasteiger partial charge on any atom is -0.374 e. The summed E-state index contributed by atoms with van der Waals surface area (Å²) in [6.45, 7) is 11.3. The first-order chi connectivity index (χ1) is 12.0. The molecule has 1 unspecified atom stereocenters. The van der Waals surface area contributed by atoms with Gasteiger partial charge >= 0.3 is 0 Å². The predicted octanol–water partition coefficient (Wildman–Crippen LogP) is 3.16. The topological polar surface area (TPSA) is 88.5 Å². The van der Waals surface area contributed by atoms with Crippen LogP contribution >= 0.6 is 0 Å². The highest BCUT2D eigenvalue weighted by Crippen LogP contribution is 2.40. The van der Waals surface area contributed by atoms with Crippen molar-refractivity contribution in [3.05, 3.63) is 0 Å². The summed E-state index contributed by atoms with van der Waals surface area (Å²) in [5.41, 5.74) is -2.34. The van der Waals surface area contributed by atoms with E-state index in [4.69, 9.17) is 0 Å². The zero-order valence-electron chi connectivity index (χ0n) is 17.0. The monoisotopic (exact) mass is 366 g/mol. The quantitative estimate of drug-likeness (QED) is 0.600. The molecule has 5 nitrogen and oxygen atoms in total. The minimum atomic E-state index is -2.34. The molecular weight excluding hydrogens is 332 g/mol. The lowest BCUT2D eigenvalue weighted by molar-refractivity contribution is -0.155. The van der Waals surface area contributed by atoms with E-state index in [1.165, 1.54) is 0 Å². The molecule has 0 amide bonds. The number of hydrogen-bond acceptors (Lipinski definition) is 5. The van der Waals surface area contributed by atoms with Crippen molar-refractivity contribution in [3.63, 3.8) is 0 Å². The molecule has 1 saturated carbocycles. The van der Waals surface area contributed by atoms with Crippen molar-refractivity contribution in [2.45, 2.75) is 79.2 Å². The van der Waals surface area contributed by atoms with Gasteiger partial charge in [-0.15, -0.1) is 0 Å². The van der Waals surface area contributed by atoms with Gasteiger partial charge in [-0.3, -0.25) is 19.2 Å². The summed E-state index contributed by atoms with van der Waals surface area (Å²) in [6.07, 6.45) is 1.93. The smallest absolute Gasteiger partial charge is 0.192 e. The maximum Gasteiger partial charge on any atom is 0.192 e. The normalized spacial score (nSPS) is 27.4. The first-order valence-corrected chi connectivity index (χ1v) is 9.85. The van der Waals surface area contributed by atoms with E-state index < -0.39 is 46.5 Å². The average molecular weight is 366 g/mol. The van der Waals surface area contributed by atoms with Crippen LogP contribution in [0, 0.1) is 29.6 Å². The molecule has 1 N–H and O–H groups in total. The molecule has 4 atom stereocenters. The van der Waals surface area contributed by atoms with Crippen molar-refractivity contribution in [3.8, 4) is 0 Å². The van der Waals surface area contributed by atoms with Crippen molar-refractivity contribution in [2.24, 2.45) is 29.6 Å². The fourth-order valence-corrected chi connectivity index (χ4v) is 3.48. The van der Waals surface area contributed by atoms with Gasteiger partial charge in [-0.05, 0) is 31.1 Å². The molecule has 0 saturated heterocycles. The number of carbonyl (C=O) groups excluding carboxylic acids is 4. The lowest BCUT2D eigenvalue weighted by Crippen LogP contribution is -2.50. The van der Waals surface area contributed by atoms with Crippen LogP contribution in [0.2, 0.25) is 0 Å². The Morgan fingerprint density at radius 1 is 1.04 bits per heavy atom. The Labute approximate surface area is 156 Å². The molecule has 148 valence electrons. The fourth-order valence-electron chi connectivity index (χ4n) is 3.48. The second kappa shape index (κ2) is 9.03. The molecule has 0 aliphatic heterocycles. The summed E-state index contributed by atoms with van der Waals surface area (Å²) in [5, 5.41) is 11.1. The third kappa shape index (κ3) is 4.48. The van der Waals surface area contributed by atoms with E-state index in [0.29, 0.717) is 19.3 Å². The van der Waals surface area contributed by atoms with Gasteiger partial charge in [-0.25, -0.2) is 0 Å². The molecule has 0 aromatic heterocycles. The molecule has 0 spiro atoms. The minimum absolute atomic E-state index is 0.0373. The van der Waals surface area contributed by atoms with E-state index in [1.54, 1.807) is 6.92 Å². The Morgan fingerprint density at radius 2 is 1.58 bits per heavy atom. The van der Waals surface area contributed by atoms with Gasteiger partial charge in [-0.2, -0.15) is 0 Å². The number of Topliss-reactive ketones (excluding diaryl/α,β-unsaturated/α-hetero) is 4. The van der Waals surface area contributed by atoms with E-state index in [-0.39, 0.29) is 24.7 Å². The largest absolute Gasteiger partial charge is 0.374 e. The Morgan fingerprint density at radius 3 is 2.04 bits per heavy atom. The molecular formula is C21H34O5.